The molecule has 84 valence electrons. The zero-order valence-corrected chi connectivity index (χ0v) is 8.81. The van der Waals surface area contributed by atoms with Gasteiger partial charge in [0.25, 0.3) is 0 Å². The Morgan fingerprint density at radius 1 is 1.38 bits per heavy atom. The molecule has 16 heavy (non-hydrogen) atoms. The zero-order valence-electron chi connectivity index (χ0n) is 8.81. The van der Waals surface area contributed by atoms with Gasteiger partial charge in [0.05, 0.1) is 24.8 Å². The number of imidazole rings is 1. The molecule has 5 heteroatoms. The third kappa shape index (κ3) is 2.64. The van der Waals surface area contributed by atoms with E-state index in [0.717, 1.165) is 17.7 Å². The van der Waals surface area contributed by atoms with Crippen molar-refractivity contribution in [3.63, 3.8) is 0 Å². The van der Waals surface area contributed by atoms with Crippen LogP contribution in [0.4, 0.5) is 4.39 Å². The molecule has 0 aliphatic heterocycles. The highest BCUT2D eigenvalue weighted by Crippen LogP contribution is 2.05. The third-order valence-electron chi connectivity index (χ3n) is 2.21. The molecule has 0 unspecified atom stereocenters. The van der Waals surface area contributed by atoms with Crippen LogP contribution < -0.4 is 5.73 Å². The van der Waals surface area contributed by atoms with Crippen molar-refractivity contribution in [2.75, 3.05) is 6.54 Å². The predicted molar refractivity (Wildman–Crippen MR) is 58.3 cm³/mol. The van der Waals surface area contributed by atoms with E-state index in [1.54, 1.807) is 12.5 Å². The van der Waals surface area contributed by atoms with Crippen molar-refractivity contribution < 1.29 is 4.39 Å². The normalized spacial score (nSPS) is 10.6. The lowest BCUT2D eigenvalue weighted by molar-refractivity contribution is 0.616. The molecule has 0 spiro atoms. The summed E-state index contributed by atoms with van der Waals surface area (Å²) in [6, 6.07) is 1.47. The van der Waals surface area contributed by atoms with Crippen molar-refractivity contribution in [1.29, 1.82) is 0 Å². The Morgan fingerprint density at radius 2 is 2.25 bits per heavy atom. The van der Waals surface area contributed by atoms with Gasteiger partial charge >= 0.3 is 0 Å². The minimum atomic E-state index is -0.320. The largest absolute Gasteiger partial charge is 0.333 e. The van der Waals surface area contributed by atoms with E-state index in [9.17, 15) is 4.39 Å². The van der Waals surface area contributed by atoms with Crippen LogP contribution >= 0.6 is 0 Å². The number of halogens is 1. The second-order valence-electron chi connectivity index (χ2n) is 3.59. The monoisotopic (exact) mass is 220 g/mol. The van der Waals surface area contributed by atoms with Crippen LogP contribution in [0, 0.1) is 5.82 Å². The molecule has 0 aromatic carbocycles. The van der Waals surface area contributed by atoms with Gasteiger partial charge < -0.3 is 10.3 Å². The number of nitrogens with two attached hydrogens (primary N) is 1. The molecule has 2 aromatic rings. The first-order valence-corrected chi connectivity index (χ1v) is 5.08. The average molecular weight is 220 g/mol. The fourth-order valence-electron chi connectivity index (χ4n) is 1.52. The number of hydrogen-bond donors (Lipinski definition) is 1. The standard InChI is InChI=1S/C11H13FN4/c12-10-3-9(4-14-5-10)6-16-7-11(1-2-13)15-8-16/h3-5,7-8H,1-2,6,13H2. The van der Waals surface area contributed by atoms with Crippen molar-refractivity contribution in [2.24, 2.45) is 5.73 Å². The van der Waals surface area contributed by atoms with E-state index in [-0.39, 0.29) is 5.82 Å². The summed E-state index contributed by atoms with van der Waals surface area (Å²) in [6.07, 6.45) is 7.23. The van der Waals surface area contributed by atoms with Gasteiger partial charge in [0.15, 0.2) is 0 Å². The fourth-order valence-corrected chi connectivity index (χ4v) is 1.52. The number of nitrogens with zero attached hydrogens (tertiary/aromatic N) is 3. The summed E-state index contributed by atoms with van der Waals surface area (Å²) in [4.78, 5) is 7.99. The molecule has 0 fully saturated rings. The molecule has 0 atom stereocenters. The van der Waals surface area contributed by atoms with Crippen molar-refractivity contribution in [3.05, 3.63) is 48.1 Å². The van der Waals surface area contributed by atoms with Crippen molar-refractivity contribution in [3.8, 4) is 0 Å². The molecule has 2 N–H and O–H groups in total. The highest BCUT2D eigenvalue weighted by Gasteiger charge is 2.00. The van der Waals surface area contributed by atoms with Crippen LogP contribution in [-0.2, 0) is 13.0 Å². The highest BCUT2D eigenvalue weighted by molar-refractivity contribution is 5.11. The fraction of sp³-hybridized carbons (Fsp3) is 0.273. The van der Waals surface area contributed by atoms with E-state index >= 15 is 0 Å². The molecule has 2 aromatic heterocycles. The molecule has 2 heterocycles. The summed E-state index contributed by atoms with van der Waals surface area (Å²) >= 11 is 0. The Balaban J connectivity index is 2.08. The van der Waals surface area contributed by atoms with Crippen LogP contribution in [0.15, 0.2) is 31.0 Å². The SMILES string of the molecule is NCCc1cn(Cc2cncc(F)c2)cn1. The predicted octanol–water partition coefficient (Wildman–Crippen LogP) is 0.967. The van der Waals surface area contributed by atoms with Gasteiger partial charge in [0.2, 0.25) is 0 Å². The molecular formula is C11H13FN4. The van der Waals surface area contributed by atoms with E-state index in [2.05, 4.69) is 9.97 Å². The van der Waals surface area contributed by atoms with Crippen LogP contribution in [0.3, 0.4) is 0 Å². The average Bonchev–Trinajstić information content (AvgIpc) is 2.66. The Hall–Kier alpha value is -1.75. The van der Waals surface area contributed by atoms with Crippen molar-refractivity contribution in [1.82, 2.24) is 14.5 Å². The zero-order chi connectivity index (χ0) is 11.4. The van der Waals surface area contributed by atoms with E-state index in [1.807, 2.05) is 10.8 Å². The van der Waals surface area contributed by atoms with Gasteiger partial charge in [-0.2, -0.15) is 0 Å². The molecule has 0 aliphatic rings. The van der Waals surface area contributed by atoms with E-state index in [1.165, 1.54) is 12.3 Å². The second kappa shape index (κ2) is 4.85. The minimum Gasteiger partial charge on any atom is -0.333 e. The van der Waals surface area contributed by atoms with Gasteiger partial charge in [-0.05, 0) is 18.2 Å². The number of hydrogen-bond acceptors (Lipinski definition) is 3. The van der Waals surface area contributed by atoms with Gasteiger partial charge in [0.1, 0.15) is 5.82 Å². The minimum absolute atomic E-state index is 0.320. The summed E-state index contributed by atoms with van der Waals surface area (Å²) < 4.78 is 14.8. The van der Waals surface area contributed by atoms with Gasteiger partial charge in [-0.3, -0.25) is 4.98 Å². The Labute approximate surface area is 92.9 Å². The maximum Gasteiger partial charge on any atom is 0.141 e. The smallest absolute Gasteiger partial charge is 0.141 e. The molecule has 0 saturated carbocycles. The number of rotatable bonds is 4. The Bertz CT molecular complexity index is 467. The van der Waals surface area contributed by atoms with Gasteiger partial charge in [0, 0.05) is 18.8 Å². The van der Waals surface area contributed by atoms with Crippen LogP contribution in [0.5, 0.6) is 0 Å². The van der Waals surface area contributed by atoms with Gasteiger partial charge in [-0.1, -0.05) is 0 Å². The molecule has 2 rings (SSSR count). The quantitative estimate of drug-likeness (QED) is 0.835. The lowest BCUT2D eigenvalue weighted by atomic mass is 10.3. The molecule has 0 bridgehead atoms. The van der Waals surface area contributed by atoms with Gasteiger partial charge in [-0.15, -0.1) is 0 Å². The molecule has 0 radical (unpaired) electrons. The molecule has 0 amide bonds. The van der Waals surface area contributed by atoms with Crippen LogP contribution in [0.1, 0.15) is 11.3 Å². The van der Waals surface area contributed by atoms with E-state index in [0.29, 0.717) is 13.1 Å². The molecule has 4 nitrogen and oxygen atoms in total. The first kappa shape index (κ1) is 10.8. The number of pyridine rings is 1. The van der Waals surface area contributed by atoms with Crippen LogP contribution in [0.2, 0.25) is 0 Å². The lowest BCUT2D eigenvalue weighted by Crippen LogP contribution is -2.03. The maximum atomic E-state index is 12.9. The lowest BCUT2D eigenvalue weighted by Gasteiger charge is -2.01. The topological polar surface area (TPSA) is 56.7 Å². The molecule has 0 saturated heterocycles. The summed E-state index contributed by atoms with van der Waals surface area (Å²) in [7, 11) is 0. The maximum absolute atomic E-state index is 12.9. The van der Waals surface area contributed by atoms with E-state index < -0.39 is 0 Å². The van der Waals surface area contributed by atoms with E-state index in [4.69, 9.17) is 5.73 Å². The molecular weight excluding hydrogens is 207 g/mol. The third-order valence-corrected chi connectivity index (χ3v) is 2.21. The summed E-state index contributed by atoms with van der Waals surface area (Å²) in [5.74, 6) is -0.320. The first-order valence-electron chi connectivity index (χ1n) is 5.08. The summed E-state index contributed by atoms with van der Waals surface area (Å²) in [6.45, 7) is 1.15. The highest BCUT2D eigenvalue weighted by atomic mass is 19.1. The number of aromatic nitrogens is 3. The second-order valence-corrected chi connectivity index (χ2v) is 3.59. The molecule has 0 aliphatic carbocycles. The first-order chi connectivity index (χ1) is 7.78. The van der Waals surface area contributed by atoms with Crippen molar-refractivity contribution in [2.45, 2.75) is 13.0 Å². The van der Waals surface area contributed by atoms with Crippen LogP contribution in [-0.4, -0.2) is 21.1 Å². The Morgan fingerprint density at radius 3 is 3.00 bits per heavy atom. The van der Waals surface area contributed by atoms with Crippen molar-refractivity contribution >= 4 is 0 Å². The van der Waals surface area contributed by atoms with Crippen LogP contribution in [0.25, 0.3) is 0 Å². The summed E-state index contributed by atoms with van der Waals surface area (Å²) in [5.41, 5.74) is 7.20. The van der Waals surface area contributed by atoms with Gasteiger partial charge in [-0.25, -0.2) is 9.37 Å². The summed E-state index contributed by atoms with van der Waals surface area (Å²) in [5, 5.41) is 0. The Kier molecular flexibility index (Phi) is 3.26.